The van der Waals surface area contributed by atoms with Crippen LogP contribution in [0.1, 0.15) is 24.5 Å². The Balaban J connectivity index is 0.00000338. The minimum absolute atomic E-state index is 0. The Morgan fingerprint density at radius 2 is 1.77 bits per heavy atom. The second-order valence-electron chi connectivity index (χ2n) is 5.88. The maximum atomic E-state index is 12.1. The van der Waals surface area contributed by atoms with Gasteiger partial charge in [-0.25, -0.2) is 8.42 Å². The summed E-state index contributed by atoms with van der Waals surface area (Å²) in [5, 5.41) is 3.03. The number of anilines is 1. The van der Waals surface area contributed by atoms with E-state index < -0.39 is 9.84 Å². The van der Waals surface area contributed by atoms with Gasteiger partial charge in [-0.1, -0.05) is 49.4 Å². The van der Waals surface area contributed by atoms with Crippen molar-refractivity contribution in [2.24, 2.45) is 10.7 Å². The minimum atomic E-state index is -3.13. The lowest BCUT2D eigenvalue weighted by molar-refractivity contribution is 0.593. The summed E-state index contributed by atoms with van der Waals surface area (Å²) in [7, 11) is -3.13. The van der Waals surface area contributed by atoms with Gasteiger partial charge in [-0.15, -0.1) is 24.0 Å². The fourth-order valence-corrected chi connectivity index (χ4v) is 3.85. The molecular weight excluding hydrogens is 461 g/mol. The molecule has 0 fully saturated rings. The Labute approximate surface area is 173 Å². The Kier molecular flexibility index (Phi) is 9.64. The number of sulfone groups is 1. The second-order valence-corrected chi connectivity index (χ2v) is 8.06. The molecule has 2 aromatic carbocycles. The number of hydrogen-bond donors (Lipinski definition) is 2. The summed E-state index contributed by atoms with van der Waals surface area (Å²) in [5.74, 6) is 0.465. The van der Waals surface area contributed by atoms with Gasteiger partial charge in [0.25, 0.3) is 0 Å². The van der Waals surface area contributed by atoms with Crippen molar-refractivity contribution in [3.63, 3.8) is 0 Å². The smallest absolute Gasteiger partial charge is 0.193 e. The lowest BCUT2D eigenvalue weighted by atomic mass is 10.1. The third-order valence-electron chi connectivity index (χ3n) is 3.73. The molecule has 7 heteroatoms. The first-order valence-electron chi connectivity index (χ1n) is 8.39. The predicted octanol–water partition coefficient (Wildman–Crippen LogP) is 3.60. The summed E-state index contributed by atoms with van der Waals surface area (Å²) >= 11 is 0. The zero-order valence-electron chi connectivity index (χ0n) is 14.9. The molecule has 3 N–H and O–H groups in total. The van der Waals surface area contributed by atoms with E-state index in [4.69, 9.17) is 5.73 Å². The minimum Gasteiger partial charge on any atom is -0.370 e. The quantitative estimate of drug-likeness (QED) is 0.258. The van der Waals surface area contributed by atoms with Crippen molar-refractivity contribution in [2.45, 2.75) is 25.5 Å². The zero-order chi connectivity index (χ0) is 18.1. The van der Waals surface area contributed by atoms with Crippen LogP contribution in [-0.2, 0) is 22.0 Å². The number of aliphatic imine (C=N–C) groups is 1. The molecule has 0 heterocycles. The number of nitrogens with two attached hydrogens (primary N) is 1. The second kappa shape index (κ2) is 11.2. The molecule has 0 radical (unpaired) electrons. The molecule has 0 saturated carbocycles. The summed E-state index contributed by atoms with van der Waals surface area (Å²) < 4.78 is 24.2. The molecule has 2 rings (SSSR count). The summed E-state index contributed by atoms with van der Waals surface area (Å²) in [6.45, 7) is 2.47. The van der Waals surface area contributed by atoms with E-state index >= 15 is 0 Å². The first-order valence-corrected chi connectivity index (χ1v) is 10.2. The molecule has 5 nitrogen and oxygen atoms in total. The molecule has 0 aliphatic carbocycles. The van der Waals surface area contributed by atoms with Gasteiger partial charge in [-0.05, 0) is 36.1 Å². The molecule has 26 heavy (non-hydrogen) atoms. The fraction of sp³-hybridized carbons (Fsp3) is 0.316. The number of hydrogen-bond acceptors (Lipinski definition) is 3. The van der Waals surface area contributed by atoms with Gasteiger partial charge in [0.15, 0.2) is 15.8 Å². The molecule has 0 bridgehead atoms. The van der Waals surface area contributed by atoms with Crippen LogP contribution in [0.2, 0.25) is 0 Å². The monoisotopic (exact) mass is 487 g/mol. The summed E-state index contributed by atoms with van der Waals surface area (Å²) in [6.07, 6.45) is 1.40. The van der Waals surface area contributed by atoms with Crippen LogP contribution in [0.5, 0.6) is 0 Å². The third kappa shape index (κ3) is 8.18. The van der Waals surface area contributed by atoms with Gasteiger partial charge in [0.05, 0.1) is 11.5 Å². The molecule has 0 unspecified atom stereocenters. The number of nitrogens with one attached hydrogen (secondary N) is 1. The van der Waals surface area contributed by atoms with E-state index in [9.17, 15) is 8.42 Å². The maximum Gasteiger partial charge on any atom is 0.193 e. The highest BCUT2D eigenvalue weighted by molar-refractivity contribution is 14.0. The number of nitrogens with zero attached hydrogens (tertiary/aromatic N) is 1. The van der Waals surface area contributed by atoms with Crippen LogP contribution in [-0.4, -0.2) is 26.7 Å². The number of halogens is 1. The molecule has 0 aliphatic rings. The van der Waals surface area contributed by atoms with Crippen LogP contribution >= 0.6 is 24.0 Å². The first-order chi connectivity index (χ1) is 12.0. The normalized spacial score (nSPS) is 11.7. The van der Waals surface area contributed by atoms with Crippen LogP contribution in [0.15, 0.2) is 59.6 Å². The topological polar surface area (TPSA) is 84.5 Å². The number of aryl methyl sites for hydroxylation is 1. The van der Waals surface area contributed by atoms with E-state index in [1.807, 2.05) is 48.5 Å². The Hall–Kier alpha value is -1.61. The molecule has 142 valence electrons. The van der Waals surface area contributed by atoms with Crippen LogP contribution in [0, 0.1) is 0 Å². The maximum absolute atomic E-state index is 12.1. The van der Waals surface area contributed by atoms with Crippen molar-refractivity contribution in [3.8, 4) is 0 Å². The van der Waals surface area contributed by atoms with E-state index in [0.717, 1.165) is 17.7 Å². The molecule has 0 saturated heterocycles. The highest BCUT2D eigenvalue weighted by Gasteiger charge is 2.11. The third-order valence-corrected chi connectivity index (χ3v) is 5.42. The molecule has 2 aromatic rings. The molecular formula is C19H26IN3O2S. The van der Waals surface area contributed by atoms with Crippen molar-refractivity contribution in [1.82, 2.24) is 0 Å². The van der Waals surface area contributed by atoms with Gasteiger partial charge >= 0.3 is 0 Å². The molecule has 0 aliphatic heterocycles. The summed E-state index contributed by atoms with van der Waals surface area (Å²) in [5.41, 5.74) is 8.77. The van der Waals surface area contributed by atoms with Crippen LogP contribution in [0.25, 0.3) is 0 Å². The molecule has 0 aromatic heterocycles. The van der Waals surface area contributed by atoms with Crippen molar-refractivity contribution in [3.05, 3.63) is 65.7 Å². The fourth-order valence-electron chi connectivity index (χ4n) is 2.44. The van der Waals surface area contributed by atoms with Crippen LogP contribution < -0.4 is 11.1 Å². The van der Waals surface area contributed by atoms with Gasteiger partial charge in [-0.3, -0.25) is 4.99 Å². The predicted molar refractivity (Wildman–Crippen MR) is 120 cm³/mol. The van der Waals surface area contributed by atoms with Gasteiger partial charge in [0.2, 0.25) is 0 Å². The first kappa shape index (κ1) is 22.4. The lowest BCUT2D eigenvalue weighted by Crippen LogP contribution is -2.23. The number of benzene rings is 2. The van der Waals surface area contributed by atoms with Crippen molar-refractivity contribution in [1.29, 1.82) is 0 Å². The van der Waals surface area contributed by atoms with Crippen LogP contribution in [0.4, 0.5) is 5.69 Å². The van der Waals surface area contributed by atoms with Gasteiger partial charge in [0.1, 0.15) is 0 Å². The average Bonchev–Trinajstić information content (AvgIpc) is 2.59. The van der Waals surface area contributed by atoms with Gasteiger partial charge < -0.3 is 11.1 Å². The molecule has 0 spiro atoms. The van der Waals surface area contributed by atoms with Gasteiger partial charge in [0, 0.05) is 12.2 Å². The SMILES string of the molecule is CCc1cccc(NC(N)=NCCCS(=O)(=O)Cc2ccccc2)c1.I. The lowest BCUT2D eigenvalue weighted by Gasteiger charge is -2.07. The highest BCUT2D eigenvalue weighted by atomic mass is 127. The van der Waals surface area contributed by atoms with Crippen LogP contribution in [0.3, 0.4) is 0 Å². The standard InChI is InChI=1S/C19H25N3O2S.HI/c1-2-16-10-6-11-18(14-16)22-19(20)21-12-7-13-25(23,24)15-17-8-4-3-5-9-17;/h3-6,8-11,14H,2,7,12-13,15H2,1H3,(H3,20,21,22);1H. The van der Waals surface area contributed by atoms with E-state index in [1.165, 1.54) is 5.56 Å². The average molecular weight is 487 g/mol. The van der Waals surface area contributed by atoms with Crippen molar-refractivity contribution >= 4 is 45.5 Å². The Morgan fingerprint density at radius 3 is 2.46 bits per heavy atom. The molecule has 0 atom stereocenters. The Bertz CT molecular complexity index is 809. The summed E-state index contributed by atoms with van der Waals surface area (Å²) in [6, 6.07) is 17.2. The zero-order valence-corrected chi connectivity index (χ0v) is 18.0. The summed E-state index contributed by atoms with van der Waals surface area (Å²) in [4.78, 5) is 4.20. The van der Waals surface area contributed by atoms with E-state index in [-0.39, 0.29) is 35.5 Å². The number of rotatable bonds is 8. The highest BCUT2D eigenvalue weighted by Crippen LogP contribution is 2.11. The van der Waals surface area contributed by atoms with E-state index in [2.05, 4.69) is 23.3 Å². The number of guanidine groups is 1. The largest absolute Gasteiger partial charge is 0.370 e. The molecule has 0 amide bonds. The van der Waals surface area contributed by atoms with Crippen molar-refractivity contribution in [2.75, 3.05) is 17.6 Å². The Morgan fingerprint density at radius 1 is 1.08 bits per heavy atom. The van der Waals surface area contributed by atoms with Crippen molar-refractivity contribution < 1.29 is 8.42 Å². The van der Waals surface area contributed by atoms with E-state index in [0.29, 0.717) is 18.9 Å². The van der Waals surface area contributed by atoms with Gasteiger partial charge in [-0.2, -0.15) is 0 Å². The van der Waals surface area contributed by atoms with E-state index in [1.54, 1.807) is 0 Å².